The minimum atomic E-state index is -6.58. The third-order valence-electron chi connectivity index (χ3n) is 7.03. The Balaban J connectivity index is 1.53. The molecule has 1 N–H and O–H groups in total. The number of alkyl halides is 4. The SMILES string of the molecule is O=S(=O)([O-])C(F)(F)C(F)(F)C1CC2CC1C1OC(c3ccccc3)(c3ccc(O)cc3)OC21. The van der Waals surface area contributed by atoms with Gasteiger partial charge in [-0.1, -0.05) is 30.3 Å². The highest BCUT2D eigenvalue weighted by Crippen LogP contribution is 2.63. The van der Waals surface area contributed by atoms with E-state index in [4.69, 9.17) is 9.47 Å². The fraction of sp³-hybridized carbons (Fsp3) is 0.455. The molecule has 6 atom stereocenters. The number of halogens is 4. The lowest BCUT2D eigenvalue weighted by molar-refractivity contribution is -0.213. The number of ether oxygens (including phenoxy) is 2. The third-order valence-corrected chi connectivity index (χ3v) is 7.93. The van der Waals surface area contributed by atoms with Crippen LogP contribution in [0.5, 0.6) is 5.75 Å². The lowest BCUT2D eigenvalue weighted by Gasteiger charge is -2.38. The van der Waals surface area contributed by atoms with Gasteiger partial charge in [0.15, 0.2) is 10.1 Å². The van der Waals surface area contributed by atoms with Gasteiger partial charge in [0.2, 0.25) is 5.79 Å². The molecule has 2 bridgehead atoms. The molecule has 0 spiro atoms. The number of hydrogen-bond acceptors (Lipinski definition) is 6. The zero-order valence-corrected chi connectivity index (χ0v) is 17.7. The normalized spacial score (nSPS) is 33.9. The second-order valence-corrected chi connectivity index (χ2v) is 10.2. The van der Waals surface area contributed by atoms with Crippen LogP contribution in [0.3, 0.4) is 0 Å². The van der Waals surface area contributed by atoms with Crippen molar-refractivity contribution >= 4 is 10.1 Å². The van der Waals surface area contributed by atoms with Gasteiger partial charge in [0.05, 0.1) is 12.2 Å². The Morgan fingerprint density at radius 2 is 1.48 bits per heavy atom. The van der Waals surface area contributed by atoms with Crippen LogP contribution in [0, 0.1) is 17.8 Å². The summed E-state index contributed by atoms with van der Waals surface area (Å²) in [5.74, 6) is -10.4. The molecular weight excluding hydrogens is 468 g/mol. The average Bonchev–Trinajstić information content (AvgIpc) is 3.45. The van der Waals surface area contributed by atoms with Crippen LogP contribution < -0.4 is 0 Å². The van der Waals surface area contributed by atoms with Gasteiger partial charge in [-0.2, -0.15) is 17.6 Å². The van der Waals surface area contributed by atoms with Crippen molar-refractivity contribution in [1.82, 2.24) is 0 Å². The van der Waals surface area contributed by atoms with E-state index in [0.29, 0.717) is 11.1 Å². The quantitative estimate of drug-likeness (QED) is 0.509. The van der Waals surface area contributed by atoms with Crippen LogP contribution in [0.15, 0.2) is 54.6 Å². The van der Waals surface area contributed by atoms with Gasteiger partial charge >= 0.3 is 11.2 Å². The van der Waals surface area contributed by atoms with Gasteiger partial charge < -0.3 is 19.1 Å². The van der Waals surface area contributed by atoms with E-state index < -0.39 is 63.5 Å². The fourth-order valence-electron chi connectivity index (χ4n) is 5.56. The largest absolute Gasteiger partial charge is 0.743 e. The maximum atomic E-state index is 14.7. The average molecular weight is 487 g/mol. The Hall–Kier alpha value is -2.21. The van der Waals surface area contributed by atoms with Gasteiger partial charge in [-0.25, -0.2) is 8.42 Å². The highest BCUT2D eigenvalue weighted by molar-refractivity contribution is 7.86. The van der Waals surface area contributed by atoms with E-state index in [1.807, 2.05) is 0 Å². The molecule has 6 unspecified atom stereocenters. The molecule has 0 amide bonds. The molecule has 0 aromatic heterocycles. The Labute approximate surface area is 186 Å². The van der Waals surface area contributed by atoms with Crippen molar-refractivity contribution in [2.45, 2.75) is 42.0 Å². The molecule has 1 saturated heterocycles. The van der Waals surface area contributed by atoms with Gasteiger partial charge in [-0.05, 0) is 48.9 Å². The molecule has 2 aliphatic carbocycles. The van der Waals surface area contributed by atoms with Crippen LogP contribution in [0.4, 0.5) is 17.6 Å². The van der Waals surface area contributed by atoms with E-state index in [2.05, 4.69) is 0 Å². The topological polar surface area (TPSA) is 95.9 Å². The fourth-order valence-corrected chi connectivity index (χ4v) is 6.04. The van der Waals surface area contributed by atoms with E-state index >= 15 is 0 Å². The predicted octanol–water partition coefficient (Wildman–Crippen LogP) is 3.81. The Morgan fingerprint density at radius 3 is 2.09 bits per heavy atom. The first-order valence-electron chi connectivity index (χ1n) is 10.3. The van der Waals surface area contributed by atoms with Gasteiger partial charge in [-0.15, -0.1) is 0 Å². The molecule has 1 heterocycles. The predicted molar refractivity (Wildman–Crippen MR) is 104 cm³/mol. The van der Waals surface area contributed by atoms with Crippen molar-refractivity contribution < 1.29 is 45.1 Å². The first-order valence-corrected chi connectivity index (χ1v) is 11.7. The lowest BCUT2D eigenvalue weighted by Crippen LogP contribution is -2.55. The van der Waals surface area contributed by atoms with Crippen molar-refractivity contribution in [2.75, 3.05) is 0 Å². The summed E-state index contributed by atoms with van der Waals surface area (Å²) in [7, 11) is -6.58. The molecule has 33 heavy (non-hydrogen) atoms. The van der Waals surface area contributed by atoms with E-state index in [0.717, 1.165) is 0 Å². The molecule has 178 valence electrons. The first kappa shape index (κ1) is 22.6. The summed E-state index contributed by atoms with van der Waals surface area (Å²) in [5, 5.41) is 3.93. The van der Waals surface area contributed by atoms with Crippen molar-refractivity contribution in [1.29, 1.82) is 0 Å². The van der Waals surface area contributed by atoms with Gasteiger partial charge in [0, 0.05) is 17.0 Å². The van der Waals surface area contributed by atoms with Crippen LogP contribution in [0.1, 0.15) is 24.0 Å². The van der Waals surface area contributed by atoms with E-state index in [-0.39, 0.29) is 12.2 Å². The number of benzene rings is 2. The van der Waals surface area contributed by atoms with Gasteiger partial charge in [0.25, 0.3) is 0 Å². The number of hydrogen-bond donors (Lipinski definition) is 1. The Morgan fingerprint density at radius 1 is 0.909 bits per heavy atom. The summed E-state index contributed by atoms with van der Waals surface area (Å²) in [5.41, 5.74) is 1.01. The second kappa shape index (κ2) is 7.14. The molecule has 1 aliphatic heterocycles. The molecule has 2 saturated carbocycles. The number of phenols is 1. The molecule has 5 rings (SSSR count). The minimum Gasteiger partial charge on any atom is -0.743 e. The Bertz CT molecular complexity index is 1160. The lowest BCUT2D eigenvalue weighted by atomic mass is 9.81. The molecule has 3 aliphatic rings. The molecule has 11 heteroatoms. The number of fused-ring (bicyclic) bond motifs is 5. The Kier molecular flexibility index (Phi) is 4.89. The van der Waals surface area contributed by atoms with Crippen molar-refractivity contribution in [2.24, 2.45) is 17.8 Å². The number of phenolic OH excluding ortho intramolecular Hbond substituents is 1. The molecule has 6 nitrogen and oxygen atoms in total. The summed E-state index contributed by atoms with van der Waals surface area (Å²) >= 11 is 0. The second-order valence-electron chi connectivity index (χ2n) is 8.79. The molecule has 3 fully saturated rings. The summed E-state index contributed by atoms with van der Waals surface area (Å²) in [6.45, 7) is 0. The first-order chi connectivity index (χ1) is 15.4. The zero-order valence-electron chi connectivity index (χ0n) is 16.9. The van der Waals surface area contributed by atoms with Crippen molar-refractivity contribution in [3.8, 4) is 5.75 Å². The number of rotatable bonds is 5. The highest BCUT2D eigenvalue weighted by Gasteiger charge is 2.73. The summed E-state index contributed by atoms with van der Waals surface area (Å²) in [6, 6.07) is 14.5. The third kappa shape index (κ3) is 3.13. The van der Waals surface area contributed by atoms with E-state index in [1.54, 1.807) is 42.5 Å². The minimum absolute atomic E-state index is 0.0130. The molecule has 2 aromatic rings. The standard InChI is InChI=1S/C22H20F4O6S/c23-21(24,22(25,26)33(28,29)30)17-11-12-10-16(17)19-18(12)31-20(32-19,13-4-2-1-3-5-13)14-6-8-15(27)9-7-14/h1-9,12,16-19,27H,10-11H2,(H,28,29,30)/p-1. The van der Waals surface area contributed by atoms with Crippen LogP contribution in [-0.4, -0.2) is 41.5 Å². The maximum absolute atomic E-state index is 14.7. The van der Waals surface area contributed by atoms with E-state index in [9.17, 15) is 35.6 Å². The van der Waals surface area contributed by atoms with Crippen LogP contribution in [-0.2, 0) is 25.4 Å². The zero-order chi connectivity index (χ0) is 23.8. The summed E-state index contributed by atoms with van der Waals surface area (Å²) in [4.78, 5) is 0. The molecule has 0 radical (unpaired) electrons. The van der Waals surface area contributed by atoms with Gasteiger partial charge in [0.1, 0.15) is 5.75 Å². The van der Waals surface area contributed by atoms with Crippen molar-refractivity contribution in [3.05, 3.63) is 65.7 Å². The smallest absolute Gasteiger partial charge is 0.396 e. The number of aromatic hydroxyl groups is 1. The summed E-state index contributed by atoms with van der Waals surface area (Å²) in [6.07, 6.45) is -2.04. The van der Waals surface area contributed by atoms with Crippen LogP contribution in [0.25, 0.3) is 0 Å². The van der Waals surface area contributed by atoms with E-state index in [1.165, 1.54) is 12.1 Å². The van der Waals surface area contributed by atoms with Gasteiger partial charge in [-0.3, -0.25) is 0 Å². The monoisotopic (exact) mass is 487 g/mol. The summed E-state index contributed by atoms with van der Waals surface area (Å²) < 4.78 is 103. The maximum Gasteiger partial charge on any atom is 0.396 e. The van der Waals surface area contributed by atoms with Crippen molar-refractivity contribution in [3.63, 3.8) is 0 Å². The van der Waals surface area contributed by atoms with Crippen LogP contribution >= 0.6 is 0 Å². The molecule has 2 aromatic carbocycles. The highest BCUT2D eigenvalue weighted by atomic mass is 32.2. The van der Waals surface area contributed by atoms with Crippen LogP contribution in [0.2, 0.25) is 0 Å². The molecular formula is C22H19F4O6S-.